The smallest absolute Gasteiger partial charge is 0.119 e. The fraction of sp³-hybridized carbons (Fsp3) is 0.467. The average Bonchev–Trinajstić information content (AvgIpc) is 3.13. The van der Waals surface area contributed by atoms with Gasteiger partial charge in [-0.3, -0.25) is 0 Å². The Bertz CT molecular complexity index is 363. The molecule has 2 rings (SSSR count). The minimum atomic E-state index is 0.728. The zero-order valence-corrected chi connectivity index (χ0v) is 10.0. The molecule has 0 bridgehead atoms. The van der Waals surface area contributed by atoms with Crippen molar-refractivity contribution in [1.29, 1.82) is 0 Å². The van der Waals surface area contributed by atoms with Gasteiger partial charge in [0.15, 0.2) is 0 Å². The van der Waals surface area contributed by atoms with E-state index in [9.17, 15) is 0 Å². The van der Waals surface area contributed by atoms with Gasteiger partial charge in [-0.1, -0.05) is 32.1 Å². The van der Waals surface area contributed by atoms with E-state index in [2.05, 4.69) is 31.7 Å². The van der Waals surface area contributed by atoms with Gasteiger partial charge < -0.3 is 4.74 Å². The fourth-order valence-electron chi connectivity index (χ4n) is 1.79. The van der Waals surface area contributed by atoms with Gasteiger partial charge in [-0.15, -0.1) is 0 Å². The Balaban J connectivity index is 1.98. The largest absolute Gasteiger partial charge is 0.494 e. The average molecular weight is 216 g/mol. The third-order valence-corrected chi connectivity index (χ3v) is 3.04. The first-order chi connectivity index (χ1) is 7.81. The Labute approximate surface area is 98.1 Å². The molecule has 1 fully saturated rings. The van der Waals surface area contributed by atoms with Crippen LogP contribution in [0, 0.1) is 5.92 Å². The van der Waals surface area contributed by atoms with Crippen molar-refractivity contribution >= 4 is 5.57 Å². The molecule has 0 aliphatic heterocycles. The highest BCUT2D eigenvalue weighted by molar-refractivity contribution is 5.68. The molecule has 1 aliphatic carbocycles. The first kappa shape index (κ1) is 11.3. The third-order valence-electron chi connectivity index (χ3n) is 3.04. The highest BCUT2D eigenvalue weighted by Gasteiger charge is 2.25. The van der Waals surface area contributed by atoms with Crippen molar-refractivity contribution in [2.24, 2.45) is 5.92 Å². The van der Waals surface area contributed by atoms with Crippen molar-refractivity contribution < 1.29 is 4.74 Å². The molecule has 1 aromatic rings. The maximum absolute atomic E-state index is 5.70. The Kier molecular flexibility index (Phi) is 3.66. The minimum Gasteiger partial charge on any atom is -0.494 e. The SMILES string of the molecule is C=C(c1cccc(OCCCC)c1)C1CC1. The van der Waals surface area contributed by atoms with Crippen LogP contribution < -0.4 is 4.74 Å². The van der Waals surface area contributed by atoms with Crippen molar-refractivity contribution in [3.8, 4) is 5.75 Å². The van der Waals surface area contributed by atoms with Crippen LogP contribution in [0.2, 0.25) is 0 Å². The molecule has 1 saturated carbocycles. The monoisotopic (exact) mass is 216 g/mol. The van der Waals surface area contributed by atoms with Crippen LogP contribution in [-0.4, -0.2) is 6.61 Å². The van der Waals surface area contributed by atoms with Gasteiger partial charge in [0, 0.05) is 0 Å². The van der Waals surface area contributed by atoms with Gasteiger partial charge in [-0.05, 0) is 48.4 Å². The summed E-state index contributed by atoms with van der Waals surface area (Å²) in [5, 5.41) is 0. The minimum absolute atomic E-state index is 0.728. The van der Waals surface area contributed by atoms with E-state index in [1.54, 1.807) is 0 Å². The second-order valence-electron chi connectivity index (χ2n) is 4.53. The molecule has 0 spiro atoms. The summed E-state index contributed by atoms with van der Waals surface area (Å²) in [7, 11) is 0. The van der Waals surface area contributed by atoms with Crippen LogP contribution >= 0.6 is 0 Å². The molecule has 16 heavy (non-hydrogen) atoms. The van der Waals surface area contributed by atoms with E-state index < -0.39 is 0 Å². The summed E-state index contributed by atoms with van der Waals surface area (Å²) in [5.74, 6) is 1.71. The molecular weight excluding hydrogens is 196 g/mol. The molecule has 1 nitrogen and oxygen atoms in total. The number of unbranched alkanes of at least 4 members (excludes halogenated alkanes) is 1. The molecule has 1 aromatic carbocycles. The molecule has 0 unspecified atom stereocenters. The van der Waals surface area contributed by atoms with Gasteiger partial charge >= 0.3 is 0 Å². The van der Waals surface area contributed by atoms with Crippen LogP contribution in [0.25, 0.3) is 5.57 Å². The Morgan fingerprint density at radius 1 is 1.44 bits per heavy atom. The van der Waals surface area contributed by atoms with Crippen molar-refractivity contribution in [3.05, 3.63) is 36.4 Å². The molecule has 0 radical (unpaired) electrons. The second kappa shape index (κ2) is 5.20. The topological polar surface area (TPSA) is 9.23 Å². The van der Waals surface area contributed by atoms with Gasteiger partial charge in [-0.2, -0.15) is 0 Å². The molecule has 0 N–H and O–H groups in total. The Hall–Kier alpha value is -1.24. The zero-order valence-electron chi connectivity index (χ0n) is 10.0. The summed E-state index contributed by atoms with van der Waals surface area (Å²) in [5.41, 5.74) is 2.53. The summed E-state index contributed by atoms with van der Waals surface area (Å²) < 4.78 is 5.70. The zero-order chi connectivity index (χ0) is 11.4. The lowest BCUT2D eigenvalue weighted by Gasteiger charge is -2.08. The fourth-order valence-corrected chi connectivity index (χ4v) is 1.79. The maximum Gasteiger partial charge on any atom is 0.119 e. The first-order valence-corrected chi connectivity index (χ1v) is 6.23. The number of ether oxygens (including phenoxy) is 1. The molecular formula is C15H20O. The van der Waals surface area contributed by atoms with Crippen LogP contribution in [0.15, 0.2) is 30.8 Å². The molecule has 0 heterocycles. The molecule has 0 aromatic heterocycles. The number of allylic oxidation sites excluding steroid dienone is 1. The van der Waals surface area contributed by atoms with Crippen LogP contribution in [0.5, 0.6) is 5.75 Å². The molecule has 0 atom stereocenters. The van der Waals surface area contributed by atoms with Gasteiger partial charge in [0.25, 0.3) is 0 Å². The number of benzene rings is 1. The van der Waals surface area contributed by atoms with Gasteiger partial charge in [0.1, 0.15) is 5.75 Å². The maximum atomic E-state index is 5.70. The normalized spacial score (nSPS) is 14.8. The number of rotatable bonds is 6. The Morgan fingerprint density at radius 3 is 2.94 bits per heavy atom. The number of hydrogen-bond donors (Lipinski definition) is 0. The van der Waals surface area contributed by atoms with Crippen molar-refractivity contribution in [2.45, 2.75) is 32.6 Å². The van der Waals surface area contributed by atoms with Gasteiger partial charge in [0.05, 0.1) is 6.61 Å². The highest BCUT2D eigenvalue weighted by atomic mass is 16.5. The van der Waals surface area contributed by atoms with Crippen molar-refractivity contribution in [1.82, 2.24) is 0 Å². The molecule has 1 heteroatoms. The van der Waals surface area contributed by atoms with E-state index in [1.807, 2.05) is 6.07 Å². The number of hydrogen-bond acceptors (Lipinski definition) is 1. The third kappa shape index (κ3) is 2.88. The molecule has 0 saturated heterocycles. The predicted octanol–water partition coefficient (Wildman–Crippen LogP) is 4.29. The van der Waals surface area contributed by atoms with E-state index in [4.69, 9.17) is 4.74 Å². The van der Waals surface area contributed by atoms with Gasteiger partial charge in [-0.25, -0.2) is 0 Å². The molecule has 0 amide bonds. The summed E-state index contributed by atoms with van der Waals surface area (Å²) in [6, 6.07) is 8.34. The van der Waals surface area contributed by atoms with Gasteiger partial charge in [0.2, 0.25) is 0 Å². The van der Waals surface area contributed by atoms with E-state index in [1.165, 1.54) is 30.4 Å². The lowest BCUT2D eigenvalue weighted by atomic mass is 10.0. The van der Waals surface area contributed by atoms with Crippen LogP contribution in [-0.2, 0) is 0 Å². The second-order valence-corrected chi connectivity index (χ2v) is 4.53. The van der Waals surface area contributed by atoms with Crippen molar-refractivity contribution in [2.75, 3.05) is 6.61 Å². The molecule has 86 valence electrons. The lowest BCUT2D eigenvalue weighted by molar-refractivity contribution is 0.309. The lowest BCUT2D eigenvalue weighted by Crippen LogP contribution is -1.97. The van der Waals surface area contributed by atoms with E-state index in [-0.39, 0.29) is 0 Å². The highest BCUT2D eigenvalue weighted by Crippen LogP contribution is 2.41. The van der Waals surface area contributed by atoms with Crippen molar-refractivity contribution in [3.63, 3.8) is 0 Å². The summed E-state index contributed by atoms with van der Waals surface area (Å²) >= 11 is 0. The summed E-state index contributed by atoms with van der Waals surface area (Å²) in [6.45, 7) is 7.16. The van der Waals surface area contributed by atoms with Crippen LogP contribution in [0.1, 0.15) is 38.2 Å². The standard InChI is InChI=1S/C15H20O/c1-3-4-10-16-15-7-5-6-14(11-15)12(2)13-8-9-13/h5-7,11,13H,2-4,8-10H2,1H3. The Morgan fingerprint density at radius 2 is 2.25 bits per heavy atom. The predicted molar refractivity (Wildman–Crippen MR) is 68.6 cm³/mol. The van der Waals surface area contributed by atoms with E-state index >= 15 is 0 Å². The van der Waals surface area contributed by atoms with Crippen LogP contribution in [0.4, 0.5) is 0 Å². The van der Waals surface area contributed by atoms with Crippen LogP contribution in [0.3, 0.4) is 0 Å². The first-order valence-electron chi connectivity index (χ1n) is 6.23. The van der Waals surface area contributed by atoms with E-state index in [0.29, 0.717) is 0 Å². The van der Waals surface area contributed by atoms with E-state index in [0.717, 1.165) is 24.7 Å². The molecule has 1 aliphatic rings. The summed E-state index contributed by atoms with van der Waals surface area (Å²) in [4.78, 5) is 0. The quantitative estimate of drug-likeness (QED) is 0.645. The summed E-state index contributed by atoms with van der Waals surface area (Å²) in [6.07, 6.45) is 4.90.